The van der Waals surface area contributed by atoms with Gasteiger partial charge in [0, 0.05) is 11.6 Å². The zero-order chi connectivity index (χ0) is 20.3. The van der Waals surface area contributed by atoms with Gasteiger partial charge in [0.25, 0.3) is 0 Å². The summed E-state index contributed by atoms with van der Waals surface area (Å²) in [5, 5.41) is 19.9. The number of fused-ring (bicyclic) bond motifs is 1. The quantitative estimate of drug-likeness (QED) is 0.582. The predicted molar refractivity (Wildman–Crippen MR) is 102 cm³/mol. The van der Waals surface area contributed by atoms with E-state index in [0.29, 0.717) is 22.8 Å². The molecule has 0 saturated carbocycles. The highest BCUT2D eigenvalue weighted by Gasteiger charge is 2.37. The van der Waals surface area contributed by atoms with E-state index in [2.05, 4.69) is 4.74 Å². The van der Waals surface area contributed by atoms with E-state index < -0.39 is 12.1 Å². The molecule has 1 aliphatic rings. The van der Waals surface area contributed by atoms with Crippen LogP contribution in [0.3, 0.4) is 0 Å². The molecule has 2 atom stereocenters. The summed E-state index contributed by atoms with van der Waals surface area (Å²) in [5.74, 6) is 0.549. The Labute approximate surface area is 162 Å². The minimum Gasteiger partial charge on any atom is -0.504 e. The van der Waals surface area contributed by atoms with Gasteiger partial charge in [0.1, 0.15) is 6.10 Å². The van der Waals surface area contributed by atoms with Gasteiger partial charge in [-0.2, -0.15) is 0 Å². The molecule has 0 aliphatic carbocycles. The molecule has 0 amide bonds. The van der Waals surface area contributed by atoms with Crippen LogP contribution in [0.25, 0.3) is 6.08 Å². The van der Waals surface area contributed by atoms with Crippen molar-refractivity contribution < 1.29 is 34.0 Å². The summed E-state index contributed by atoms with van der Waals surface area (Å²) in [4.78, 5) is 11.4. The Kier molecular flexibility index (Phi) is 5.75. The lowest BCUT2D eigenvalue weighted by atomic mass is 9.90. The van der Waals surface area contributed by atoms with E-state index in [1.165, 1.54) is 33.5 Å². The fraction of sp³-hybridized carbons (Fsp3) is 0.286. The molecule has 0 bridgehead atoms. The van der Waals surface area contributed by atoms with Crippen LogP contribution in [0.5, 0.6) is 23.0 Å². The van der Waals surface area contributed by atoms with Crippen LogP contribution in [0.2, 0.25) is 0 Å². The largest absolute Gasteiger partial charge is 0.504 e. The number of carbonyl (C=O) groups excluding carboxylic acids is 1. The lowest BCUT2D eigenvalue weighted by Gasteiger charge is -2.18. The standard InChI is InChI=1S/C21H22O7/c1-25-17-10-13(5-6-16(17)23)20-15(11-22)14-8-12(4-7-19(24)27-3)9-18(26-2)21(14)28-20/h4-10,15,20,22-23H,11H2,1-3H3/b7-4+/t15-,20+/m1/s1. The number of aliphatic hydroxyl groups is 1. The third kappa shape index (κ3) is 3.61. The van der Waals surface area contributed by atoms with Crippen LogP contribution in [0, 0.1) is 0 Å². The third-order valence-corrected chi connectivity index (χ3v) is 4.68. The van der Waals surface area contributed by atoms with Gasteiger partial charge in [0.05, 0.1) is 33.9 Å². The minimum atomic E-state index is -0.483. The van der Waals surface area contributed by atoms with E-state index >= 15 is 0 Å². The summed E-state index contributed by atoms with van der Waals surface area (Å²) in [6.45, 7) is -0.159. The van der Waals surface area contributed by atoms with Gasteiger partial charge < -0.3 is 29.2 Å². The molecule has 2 aromatic rings. The summed E-state index contributed by atoms with van der Waals surface area (Å²) in [7, 11) is 4.30. The van der Waals surface area contributed by atoms with Crippen molar-refractivity contribution >= 4 is 12.0 Å². The number of aliphatic hydroxyl groups excluding tert-OH is 1. The van der Waals surface area contributed by atoms with Gasteiger partial charge in [-0.05, 0) is 41.5 Å². The molecule has 3 rings (SSSR count). The minimum absolute atomic E-state index is 0.0233. The number of rotatable bonds is 6. The first-order valence-electron chi connectivity index (χ1n) is 8.64. The van der Waals surface area contributed by atoms with Crippen molar-refractivity contribution in [2.24, 2.45) is 0 Å². The molecular weight excluding hydrogens is 364 g/mol. The Balaban J connectivity index is 2.02. The molecule has 1 heterocycles. The number of carbonyl (C=O) groups is 1. The predicted octanol–water partition coefficient (Wildman–Crippen LogP) is 2.81. The second-order valence-electron chi connectivity index (χ2n) is 6.26. The van der Waals surface area contributed by atoms with Crippen LogP contribution < -0.4 is 14.2 Å². The Morgan fingerprint density at radius 1 is 1.14 bits per heavy atom. The molecule has 1 aliphatic heterocycles. The van der Waals surface area contributed by atoms with E-state index in [1.807, 2.05) is 6.07 Å². The summed E-state index contributed by atoms with van der Waals surface area (Å²) >= 11 is 0. The highest BCUT2D eigenvalue weighted by atomic mass is 16.5. The van der Waals surface area contributed by atoms with Crippen LogP contribution in [-0.4, -0.2) is 44.1 Å². The zero-order valence-electron chi connectivity index (χ0n) is 15.8. The number of phenols is 1. The van der Waals surface area contributed by atoms with Crippen molar-refractivity contribution in [3.05, 3.63) is 53.1 Å². The van der Waals surface area contributed by atoms with Gasteiger partial charge in [-0.15, -0.1) is 0 Å². The Bertz CT molecular complexity index is 904. The van der Waals surface area contributed by atoms with E-state index in [9.17, 15) is 15.0 Å². The maximum Gasteiger partial charge on any atom is 0.330 e. The number of methoxy groups -OCH3 is 3. The van der Waals surface area contributed by atoms with E-state index in [4.69, 9.17) is 14.2 Å². The molecule has 0 fully saturated rings. The van der Waals surface area contributed by atoms with Crippen LogP contribution in [-0.2, 0) is 9.53 Å². The number of hydrogen-bond donors (Lipinski definition) is 2. The fourth-order valence-corrected chi connectivity index (χ4v) is 3.27. The molecule has 0 saturated heterocycles. The highest BCUT2D eigenvalue weighted by molar-refractivity contribution is 5.87. The van der Waals surface area contributed by atoms with Crippen molar-refractivity contribution in [2.75, 3.05) is 27.9 Å². The normalized spacial score (nSPS) is 17.9. The number of ether oxygens (including phenoxy) is 4. The fourth-order valence-electron chi connectivity index (χ4n) is 3.27. The first-order valence-corrected chi connectivity index (χ1v) is 8.64. The van der Waals surface area contributed by atoms with Gasteiger partial charge >= 0.3 is 5.97 Å². The number of esters is 1. The Morgan fingerprint density at radius 2 is 1.89 bits per heavy atom. The van der Waals surface area contributed by atoms with Gasteiger partial charge in [-0.1, -0.05) is 6.07 Å². The van der Waals surface area contributed by atoms with Crippen molar-refractivity contribution in [2.45, 2.75) is 12.0 Å². The van der Waals surface area contributed by atoms with Crippen LogP contribution >= 0.6 is 0 Å². The first-order chi connectivity index (χ1) is 13.5. The molecule has 0 aromatic heterocycles. The second kappa shape index (κ2) is 8.22. The summed E-state index contributed by atoms with van der Waals surface area (Å²) in [6, 6.07) is 8.51. The zero-order valence-corrected chi connectivity index (χ0v) is 15.8. The average Bonchev–Trinajstić information content (AvgIpc) is 3.10. The molecule has 148 valence electrons. The molecule has 0 unspecified atom stereocenters. The van der Waals surface area contributed by atoms with Crippen LogP contribution in [0.4, 0.5) is 0 Å². The van der Waals surface area contributed by atoms with Crippen LogP contribution in [0.15, 0.2) is 36.4 Å². The molecule has 0 spiro atoms. The topological polar surface area (TPSA) is 94.5 Å². The molecule has 28 heavy (non-hydrogen) atoms. The summed E-state index contributed by atoms with van der Waals surface area (Å²) in [5.41, 5.74) is 2.23. The van der Waals surface area contributed by atoms with Crippen molar-refractivity contribution in [3.63, 3.8) is 0 Å². The average molecular weight is 386 g/mol. The molecular formula is C21H22O7. The number of aromatic hydroxyl groups is 1. The maximum atomic E-state index is 11.4. The molecule has 2 aromatic carbocycles. The summed E-state index contributed by atoms with van der Waals surface area (Å²) in [6.07, 6.45) is 2.44. The van der Waals surface area contributed by atoms with E-state index in [0.717, 1.165) is 11.1 Å². The second-order valence-corrected chi connectivity index (χ2v) is 6.26. The van der Waals surface area contributed by atoms with Gasteiger partial charge in [-0.3, -0.25) is 0 Å². The SMILES string of the molecule is COC(=O)/C=C/c1cc(OC)c2c(c1)[C@@H](CO)[C@H](c1ccc(O)c(OC)c1)O2. The van der Waals surface area contributed by atoms with Gasteiger partial charge in [0.15, 0.2) is 23.0 Å². The van der Waals surface area contributed by atoms with Crippen molar-refractivity contribution in [1.82, 2.24) is 0 Å². The monoisotopic (exact) mass is 386 g/mol. The number of hydrogen-bond acceptors (Lipinski definition) is 7. The van der Waals surface area contributed by atoms with E-state index in [1.54, 1.807) is 24.3 Å². The first kappa shape index (κ1) is 19.6. The van der Waals surface area contributed by atoms with Crippen molar-refractivity contribution in [3.8, 4) is 23.0 Å². The molecule has 2 N–H and O–H groups in total. The van der Waals surface area contributed by atoms with Gasteiger partial charge in [0.2, 0.25) is 0 Å². The van der Waals surface area contributed by atoms with Crippen molar-refractivity contribution in [1.29, 1.82) is 0 Å². The third-order valence-electron chi connectivity index (χ3n) is 4.68. The molecule has 7 nitrogen and oxygen atoms in total. The number of phenolic OH excluding ortho intramolecular Hbond substituents is 1. The number of benzene rings is 2. The lowest BCUT2D eigenvalue weighted by molar-refractivity contribution is -0.134. The molecule has 0 radical (unpaired) electrons. The lowest BCUT2D eigenvalue weighted by Crippen LogP contribution is -2.13. The van der Waals surface area contributed by atoms with E-state index in [-0.39, 0.29) is 18.3 Å². The smallest absolute Gasteiger partial charge is 0.330 e. The maximum absolute atomic E-state index is 11.4. The Hall–Kier alpha value is -3.19. The van der Waals surface area contributed by atoms with Gasteiger partial charge in [-0.25, -0.2) is 4.79 Å². The molecule has 7 heteroatoms. The Morgan fingerprint density at radius 3 is 2.54 bits per heavy atom. The van der Waals surface area contributed by atoms with Crippen LogP contribution in [0.1, 0.15) is 28.7 Å². The summed E-state index contributed by atoms with van der Waals surface area (Å²) < 4.78 is 21.4. The highest BCUT2D eigenvalue weighted by Crippen LogP contribution is 2.51.